The van der Waals surface area contributed by atoms with Gasteiger partial charge in [0.1, 0.15) is 25.5 Å². The normalized spacial score (nSPS) is 19.0. The Labute approximate surface area is 725 Å². The second kappa shape index (κ2) is 27.8. The van der Waals surface area contributed by atoms with Crippen molar-refractivity contribution in [2.75, 3.05) is 0 Å². The molecule has 0 radical (unpaired) electrons. The molecule has 7 heterocycles. The average Bonchev–Trinajstić information content (AvgIpc) is 1.34. The van der Waals surface area contributed by atoms with Crippen LogP contribution in [-0.2, 0) is 28.2 Å². The van der Waals surface area contributed by atoms with Gasteiger partial charge in [0.25, 0.3) is 12.7 Å². The van der Waals surface area contributed by atoms with Crippen molar-refractivity contribution in [1.29, 1.82) is 0 Å². The number of fused-ring (bicyclic) bond motifs is 4. The smallest absolute Gasteiger partial charge is 0.257 e. The standard InChI is InChI=1S/C29H24N3.C29H23N2.C28H22N3.C27H21N4/c1-16-7-4-5-10-20(16)29-26-23(17(2)15-32(29)3)24-21-13-18-8-6-9-19(18)14-22(21)25(26)28-27(24)30-11-12-31-28;1-17-8-3-4-11-20(17)29-27-25-21-12-5-6-13-22(21)26(28(27)30-16-31(29)2)24-15-19-10-7-9-18(19)14-23(24)25;1-16-6-3-4-9-19(16)28-25-20(10-13-31(28)2)23-21-14-17-7-5-8-18(17)15-22(21)24(25)27-26(23)29-11-12-30-27;1-15-6-3-4-9-18(15)27-23-21-19-12-16-7-5-8-17(16)13-20(19)22(24(23)30-14-31(27)2)26-25(21)28-10-11-29-26/h4-5,7-15,24-25H,6H2,1-3H3;3-6,8-16,25-26H,7H2,1-2H3;3-4,6-15,23-24H,5H2,1-2H3;3-4,6-14,21-22H,5H2,1-2H3/q4*+1. The van der Waals surface area contributed by atoms with Gasteiger partial charge in [0.05, 0.1) is 101 Å². The number of benzene rings is 9. The van der Waals surface area contributed by atoms with Crippen LogP contribution in [0.1, 0.15) is 235 Å². The summed E-state index contributed by atoms with van der Waals surface area (Å²) < 4.78 is 8.99. The summed E-state index contributed by atoms with van der Waals surface area (Å²) in [6, 6.07) is 65.5. The highest BCUT2D eigenvalue weighted by Gasteiger charge is 2.53. The van der Waals surface area contributed by atoms with Crippen LogP contribution >= 0.6 is 0 Å². The summed E-state index contributed by atoms with van der Waals surface area (Å²) in [5.41, 5.74) is 48.1. The van der Waals surface area contributed by atoms with Crippen molar-refractivity contribution in [1.82, 2.24) is 39.9 Å². The summed E-state index contributed by atoms with van der Waals surface area (Å²) in [5.74, 6) is 0.997. The maximum atomic E-state index is 5.05. The summed E-state index contributed by atoms with van der Waals surface area (Å²) in [7, 11) is 8.58. The van der Waals surface area contributed by atoms with Crippen molar-refractivity contribution in [3.63, 3.8) is 0 Å². The van der Waals surface area contributed by atoms with Crippen molar-refractivity contribution in [2.45, 2.75) is 108 Å². The van der Waals surface area contributed by atoms with E-state index in [-0.39, 0.29) is 47.3 Å². The van der Waals surface area contributed by atoms with E-state index in [1.165, 1.54) is 209 Å². The highest BCUT2D eigenvalue weighted by Crippen LogP contribution is 2.61. The van der Waals surface area contributed by atoms with E-state index in [2.05, 4.69) is 318 Å². The Morgan fingerprint density at radius 1 is 0.224 bits per heavy atom. The first-order valence-electron chi connectivity index (χ1n) is 44.2. The van der Waals surface area contributed by atoms with Gasteiger partial charge in [-0.1, -0.05) is 216 Å². The van der Waals surface area contributed by atoms with Gasteiger partial charge in [0, 0.05) is 88.1 Å². The molecule has 598 valence electrons. The highest BCUT2D eigenvalue weighted by atomic mass is 15.0. The first-order chi connectivity index (χ1) is 61.3. The third-order valence-electron chi connectivity index (χ3n) is 29.4. The molecule has 32 rings (SSSR count). The first kappa shape index (κ1) is 73.4. The molecule has 16 aromatic rings. The molecule has 12 nitrogen and oxygen atoms in total. The molecule has 0 spiro atoms. The zero-order valence-corrected chi connectivity index (χ0v) is 71.4. The number of aryl methyl sites for hydroxylation is 9. The van der Waals surface area contributed by atoms with Crippen LogP contribution in [0.4, 0.5) is 0 Å². The minimum Gasteiger partial charge on any atom is -0.257 e. The quantitative estimate of drug-likeness (QED) is 0.160. The molecule has 16 aliphatic carbocycles. The fourth-order valence-corrected chi connectivity index (χ4v) is 24.1. The number of hydrogen-bond acceptors (Lipinski definition) is 8. The molecule has 9 aromatic carbocycles. The molecule has 0 N–H and O–H groups in total. The second-order valence-electron chi connectivity index (χ2n) is 36.1. The van der Waals surface area contributed by atoms with E-state index in [9.17, 15) is 0 Å². The number of hydrogen-bond donors (Lipinski definition) is 0. The van der Waals surface area contributed by atoms with Crippen molar-refractivity contribution in [3.8, 4) is 45.0 Å². The van der Waals surface area contributed by atoms with Gasteiger partial charge in [-0.05, 0) is 203 Å². The zero-order chi connectivity index (χ0) is 83.6. The topological polar surface area (TPSA) is 119 Å². The maximum absolute atomic E-state index is 5.05. The van der Waals surface area contributed by atoms with Crippen LogP contribution in [-0.4, -0.2) is 39.9 Å². The summed E-state index contributed by atoms with van der Waals surface area (Å²) in [6.07, 6.45) is 42.3. The van der Waals surface area contributed by atoms with Gasteiger partial charge in [-0.3, -0.25) is 29.9 Å². The summed E-state index contributed by atoms with van der Waals surface area (Å²) in [4.78, 5) is 39.3. The molecule has 125 heavy (non-hydrogen) atoms. The Balaban J connectivity index is 0.0000000911. The summed E-state index contributed by atoms with van der Waals surface area (Å²) in [5, 5.41) is 10.9. The van der Waals surface area contributed by atoms with E-state index in [0.717, 1.165) is 65.5 Å². The fraction of sp³-hybridized carbons (Fsp3) is 0.186. The van der Waals surface area contributed by atoms with Crippen LogP contribution in [0.5, 0.6) is 0 Å². The Kier molecular flexibility index (Phi) is 16.3. The average molecular weight is 1620 g/mol. The second-order valence-corrected chi connectivity index (χ2v) is 36.1. The molecule has 12 heteroatoms. The van der Waals surface area contributed by atoms with Gasteiger partial charge < -0.3 is 0 Å². The van der Waals surface area contributed by atoms with Crippen LogP contribution in [0.15, 0.2) is 238 Å². The largest absolute Gasteiger partial charge is 0.286 e. The van der Waals surface area contributed by atoms with Crippen LogP contribution in [0.3, 0.4) is 0 Å². The predicted octanol–water partition coefficient (Wildman–Crippen LogP) is 13.2. The van der Waals surface area contributed by atoms with E-state index >= 15 is 0 Å². The molecular formula is C113H90N12+4. The van der Waals surface area contributed by atoms with E-state index in [0.29, 0.717) is 0 Å². The number of rotatable bonds is 4. The van der Waals surface area contributed by atoms with Crippen LogP contribution in [0, 0.1) is 34.6 Å². The lowest BCUT2D eigenvalue weighted by Gasteiger charge is -2.41. The SMILES string of the molecule is Cc1ccccc1-c1c2c(c(C)c[n+]1C)C1c3cc4c(cc3C2c2nccnc21)=CCC=4.Cc1ccccc1-c1c2c(cc[n+]1C)C1c3cc4c(cc3C2c2nccnc21)=CCC=4.Cc1ccccc1-c1c2c(nc[n+]1C)C1c3cc4c(cc3C2c2nccnc21)=CCC=4.Cc1ccccc1-c1c2c(nc[n+]1C)C1c3ccccc3C2c2cc3c(cc21)=CCC=3. The molecule has 0 saturated heterocycles. The molecule has 0 aliphatic heterocycles. The molecule has 7 aromatic heterocycles. The predicted molar refractivity (Wildman–Crippen MR) is 489 cm³/mol. The lowest BCUT2D eigenvalue weighted by molar-refractivity contribution is -0.664. The molecule has 8 bridgehead atoms. The van der Waals surface area contributed by atoms with Crippen LogP contribution < -0.4 is 60.0 Å². The number of pyridine rings is 2. The molecule has 0 saturated carbocycles. The Morgan fingerprint density at radius 2 is 0.504 bits per heavy atom. The minimum absolute atomic E-state index is 0.0296. The minimum atomic E-state index is 0.0296. The lowest BCUT2D eigenvalue weighted by Crippen LogP contribution is -2.41. The third-order valence-corrected chi connectivity index (χ3v) is 29.4. The van der Waals surface area contributed by atoms with Crippen molar-refractivity contribution < 1.29 is 18.3 Å². The van der Waals surface area contributed by atoms with Gasteiger partial charge in [-0.25, -0.2) is 18.3 Å². The van der Waals surface area contributed by atoms with Crippen molar-refractivity contribution >= 4 is 48.6 Å². The van der Waals surface area contributed by atoms with Crippen LogP contribution in [0.25, 0.3) is 93.6 Å². The van der Waals surface area contributed by atoms with Crippen LogP contribution in [0.2, 0.25) is 0 Å². The molecular weight excluding hydrogens is 1530 g/mol. The molecule has 0 fully saturated rings. The molecule has 0 amide bonds. The summed E-state index contributed by atoms with van der Waals surface area (Å²) in [6.45, 7) is 11.1. The Hall–Kier alpha value is -14.4. The van der Waals surface area contributed by atoms with Crippen molar-refractivity contribution in [3.05, 3.63) is 442 Å². The van der Waals surface area contributed by atoms with Gasteiger partial charge in [-0.2, -0.15) is 0 Å². The maximum Gasteiger partial charge on any atom is 0.286 e. The molecule has 8 atom stereocenters. The number of aromatic nitrogens is 12. The first-order valence-corrected chi connectivity index (χ1v) is 44.2. The number of nitrogens with zero attached hydrogens (tertiary/aromatic N) is 12. The van der Waals surface area contributed by atoms with Gasteiger partial charge in [0.2, 0.25) is 11.4 Å². The fourth-order valence-electron chi connectivity index (χ4n) is 24.1. The monoisotopic (exact) mass is 1610 g/mol. The molecule has 16 aliphatic rings. The van der Waals surface area contributed by atoms with Crippen molar-refractivity contribution in [2.24, 2.45) is 28.2 Å². The van der Waals surface area contributed by atoms with Gasteiger partial charge in [-0.15, -0.1) is 0 Å². The van der Waals surface area contributed by atoms with E-state index in [4.69, 9.17) is 39.9 Å². The van der Waals surface area contributed by atoms with E-state index in [1.807, 2.05) is 49.8 Å². The van der Waals surface area contributed by atoms with E-state index < -0.39 is 0 Å². The molecule has 8 unspecified atom stereocenters. The van der Waals surface area contributed by atoms with E-state index in [1.54, 1.807) is 0 Å². The Morgan fingerprint density at radius 3 is 0.904 bits per heavy atom. The Bertz CT molecular complexity index is 7580. The van der Waals surface area contributed by atoms with Gasteiger partial charge >= 0.3 is 0 Å². The zero-order valence-electron chi connectivity index (χ0n) is 71.4. The summed E-state index contributed by atoms with van der Waals surface area (Å²) >= 11 is 0. The third kappa shape index (κ3) is 10.7. The highest BCUT2D eigenvalue weighted by molar-refractivity contribution is 5.81. The van der Waals surface area contributed by atoms with Gasteiger partial charge in [0.15, 0.2) is 23.8 Å². The lowest BCUT2D eigenvalue weighted by atomic mass is 9.62.